The molecule has 0 atom stereocenters. The first-order valence-corrected chi connectivity index (χ1v) is 9.69. The van der Waals surface area contributed by atoms with Gasteiger partial charge in [-0.1, -0.05) is 30.3 Å². The Morgan fingerprint density at radius 1 is 0.719 bits per heavy atom. The molecule has 9 heteroatoms. The van der Waals surface area contributed by atoms with E-state index in [1.54, 1.807) is 48.5 Å². The van der Waals surface area contributed by atoms with Gasteiger partial charge in [-0.25, -0.2) is 0 Å². The van der Waals surface area contributed by atoms with Crippen molar-refractivity contribution in [1.82, 2.24) is 0 Å². The smallest absolute Gasteiger partial charge is 0.303 e. The number of aliphatic carboxylic acids is 2. The molecular weight excluding hydrogens is 416 g/mol. The molecule has 0 aromatic heterocycles. The lowest BCUT2D eigenvalue weighted by atomic mass is 10.1. The Balaban J connectivity index is 1.99. The van der Waals surface area contributed by atoms with Crippen LogP contribution in [0.15, 0.2) is 54.6 Å². The van der Waals surface area contributed by atoms with Crippen LogP contribution in [0.1, 0.15) is 41.6 Å². The van der Waals surface area contributed by atoms with Crippen LogP contribution in [0.2, 0.25) is 0 Å². The highest BCUT2D eigenvalue weighted by molar-refractivity contribution is 6.07. The Hall–Kier alpha value is -4.27. The number of rotatable bonds is 11. The lowest BCUT2D eigenvalue weighted by Gasteiger charge is -2.06. The number of carbonyl (C=O) groups excluding carboxylic acids is 3. The highest BCUT2D eigenvalue weighted by Gasteiger charge is 2.09. The highest BCUT2D eigenvalue weighted by atomic mass is 16.4. The lowest BCUT2D eigenvalue weighted by Crippen LogP contribution is -2.13. The van der Waals surface area contributed by atoms with Crippen molar-refractivity contribution in [2.45, 2.75) is 25.7 Å². The summed E-state index contributed by atoms with van der Waals surface area (Å²) in [7, 11) is 0. The number of ketones is 1. The molecule has 0 fully saturated rings. The molecule has 4 N–H and O–H groups in total. The second-order valence-corrected chi connectivity index (χ2v) is 6.79. The average molecular weight is 438 g/mol. The van der Waals surface area contributed by atoms with E-state index in [1.165, 1.54) is 12.1 Å². The number of carboxylic acid groups (broad SMARTS) is 2. The summed E-state index contributed by atoms with van der Waals surface area (Å²) in [5.41, 5.74) is 1.83. The Labute approximate surface area is 183 Å². The summed E-state index contributed by atoms with van der Waals surface area (Å²) in [6.45, 7) is 0. The van der Waals surface area contributed by atoms with E-state index in [2.05, 4.69) is 10.6 Å². The van der Waals surface area contributed by atoms with Crippen LogP contribution in [-0.2, 0) is 19.2 Å². The quantitative estimate of drug-likeness (QED) is 0.311. The lowest BCUT2D eigenvalue weighted by molar-refractivity contribution is -0.138. The fourth-order valence-corrected chi connectivity index (χ4v) is 2.63. The zero-order valence-corrected chi connectivity index (χ0v) is 17.0. The van der Waals surface area contributed by atoms with Crippen molar-refractivity contribution >= 4 is 47.0 Å². The molecule has 2 aromatic rings. The molecule has 9 nitrogen and oxygen atoms in total. The molecule has 2 amide bonds. The number of carboxylic acids is 2. The van der Waals surface area contributed by atoms with E-state index in [1.807, 2.05) is 0 Å². The van der Waals surface area contributed by atoms with Gasteiger partial charge in [0.15, 0.2) is 5.78 Å². The summed E-state index contributed by atoms with van der Waals surface area (Å²) in [4.78, 5) is 57.1. The number of hydrogen-bond acceptors (Lipinski definition) is 5. The largest absolute Gasteiger partial charge is 0.481 e. The van der Waals surface area contributed by atoms with Crippen LogP contribution in [0.5, 0.6) is 0 Å². The molecule has 32 heavy (non-hydrogen) atoms. The predicted octanol–water partition coefficient (Wildman–Crippen LogP) is 3.19. The molecule has 0 spiro atoms. The Bertz CT molecular complexity index is 1060. The Morgan fingerprint density at radius 3 is 1.81 bits per heavy atom. The van der Waals surface area contributed by atoms with Gasteiger partial charge in [0.1, 0.15) is 0 Å². The summed E-state index contributed by atoms with van der Waals surface area (Å²) >= 11 is 0. The zero-order valence-electron chi connectivity index (χ0n) is 17.0. The number of anilines is 2. The Morgan fingerprint density at radius 2 is 1.25 bits per heavy atom. The maximum absolute atomic E-state index is 12.5. The molecule has 0 heterocycles. The SMILES string of the molecule is O=C(O)CCC(=O)Nc1cccc(/C=C/C(=O)c2cccc(NC(=O)CCC(=O)O)c2)c1. The monoisotopic (exact) mass is 438 g/mol. The van der Waals surface area contributed by atoms with Crippen LogP contribution in [-0.4, -0.2) is 39.7 Å². The second-order valence-electron chi connectivity index (χ2n) is 6.79. The fourth-order valence-electron chi connectivity index (χ4n) is 2.63. The van der Waals surface area contributed by atoms with Crippen LogP contribution in [0, 0.1) is 0 Å². The van der Waals surface area contributed by atoms with Crippen LogP contribution in [0.3, 0.4) is 0 Å². The highest BCUT2D eigenvalue weighted by Crippen LogP contribution is 2.15. The number of hydrogen-bond donors (Lipinski definition) is 4. The van der Waals surface area contributed by atoms with Crippen LogP contribution in [0.25, 0.3) is 6.08 Å². The topological polar surface area (TPSA) is 150 Å². The van der Waals surface area contributed by atoms with Crippen molar-refractivity contribution in [1.29, 1.82) is 0 Å². The normalized spacial score (nSPS) is 10.5. The summed E-state index contributed by atoms with van der Waals surface area (Å²) in [5, 5.41) is 22.4. The van der Waals surface area contributed by atoms with Gasteiger partial charge in [0.25, 0.3) is 0 Å². The number of benzene rings is 2. The molecule has 0 unspecified atom stereocenters. The van der Waals surface area contributed by atoms with E-state index < -0.39 is 23.8 Å². The summed E-state index contributed by atoms with van der Waals surface area (Å²) in [6, 6.07) is 13.0. The van der Waals surface area contributed by atoms with Gasteiger partial charge in [0.05, 0.1) is 12.8 Å². The third kappa shape index (κ3) is 8.62. The van der Waals surface area contributed by atoms with Gasteiger partial charge >= 0.3 is 11.9 Å². The molecule has 2 rings (SSSR count). The molecule has 0 bridgehead atoms. The molecule has 0 saturated carbocycles. The molecule has 2 aromatic carbocycles. The number of amides is 2. The minimum Gasteiger partial charge on any atom is -0.481 e. The Kier molecular flexibility index (Phi) is 8.85. The minimum absolute atomic E-state index is 0.142. The summed E-state index contributed by atoms with van der Waals surface area (Å²) < 4.78 is 0. The van der Waals surface area contributed by atoms with Crippen LogP contribution in [0.4, 0.5) is 11.4 Å². The first-order valence-electron chi connectivity index (χ1n) is 9.69. The van der Waals surface area contributed by atoms with E-state index in [0.717, 1.165) is 0 Å². The maximum atomic E-state index is 12.5. The van der Waals surface area contributed by atoms with E-state index in [0.29, 0.717) is 22.5 Å². The first-order chi connectivity index (χ1) is 15.2. The number of nitrogens with one attached hydrogen (secondary N) is 2. The molecule has 0 aliphatic rings. The van der Waals surface area contributed by atoms with Gasteiger partial charge in [0.2, 0.25) is 11.8 Å². The van der Waals surface area contributed by atoms with Crippen molar-refractivity contribution in [3.05, 3.63) is 65.7 Å². The van der Waals surface area contributed by atoms with E-state index in [-0.39, 0.29) is 31.5 Å². The van der Waals surface area contributed by atoms with E-state index >= 15 is 0 Å². The van der Waals surface area contributed by atoms with Crippen molar-refractivity contribution in [2.75, 3.05) is 10.6 Å². The van der Waals surface area contributed by atoms with Gasteiger partial charge in [0, 0.05) is 29.8 Å². The third-order valence-corrected chi connectivity index (χ3v) is 4.16. The molecule has 0 aliphatic carbocycles. The standard InChI is InChI=1S/C23H22N2O7/c26-19(16-4-2-6-18(14-16)25-21(28)10-12-23(31)32)8-7-15-3-1-5-17(13-15)24-20(27)9-11-22(29)30/h1-8,13-14H,9-12H2,(H,24,27)(H,25,28)(H,29,30)(H,31,32)/b8-7+. The predicted molar refractivity (Wildman–Crippen MR) is 117 cm³/mol. The van der Waals surface area contributed by atoms with Gasteiger partial charge in [-0.05, 0) is 35.9 Å². The maximum Gasteiger partial charge on any atom is 0.303 e. The zero-order chi connectivity index (χ0) is 23.5. The molecule has 0 saturated heterocycles. The average Bonchev–Trinajstić information content (AvgIpc) is 2.75. The van der Waals surface area contributed by atoms with Gasteiger partial charge < -0.3 is 20.8 Å². The molecule has 166 valence electrons. The number of carbonyl (C=O) groups is 5. The van der Waals surface area contributed by atoms with Gasteiger partial charge in [-0.2, -0.15) is 0 Å². The second kappa shape index (κ2) is 11.8. The van der Waals surface area contributed by atoms with Gasteiger partial charge in [-0.3, -0.25) is 24.0 Å². The minimum atomic E-state index is -1.07. The summed E-state index contributed by atoms with van der Waals surface area (Å²) in [5.74, 6) is -3.33. The van der Waals surface area contributed by atoms with Crippen molar-refractivity contribution in [3.63, 3.8) is 0 Å². The van der Waals surface area contributed by atoms with Crippen molar-refractivity contribution < 1.29 is 34.2 Å². The van der Waals surface area contributed by atoms with E-state index in [9.17, 15) is 24.0 Å². The number of allylic oxidation sites excluding steroid dienone is 1. The summed E-state index contributed by atoms with van der Waals surface area (Å²) in [6.07, 6.45) is 2.04. The first kappa shape index (κ1) is 24.0. The van der Waals surface area contributed by atoms with Crippen LogP contribution < -0.4 is 10.6 Å². The third-order valence-electron chi connectivity index (χ3n) is 4.16. The fraction of sp³-hybridized carbons (Fsp3) is 0.174. The van der Waals surface area contributed by atoms with Crippen molar-refractivity contribution in [3.8, 4) is 0 Å². The van der Waals surface area contributed by atoms with E-state index in [4.69, 9.17) is 10.2 Å². The van der Waals surface area contributed by atoms with Crippen molar-refractivity contribution in [2.24, 2.45) is 0 Å². The molecule has 0 radical (unpaired) electrons. The van der Waals surface area contributed by atoms with Crippen LogP contribution >= 0.6 is 0 Å². The molecular formula is C23H22N2O7. The molecule has 0 aliphatic heterocycles. The van der Waals surface area contributed by atoms with Gasteiger partial charge in [-0.15, -0.1) is 0 Å².